The molecular weight excluding hydrogens is 284 g/mol. The van der Waals surface area contributed by atoms with Gasteiger partial charge in [0.25, 0.3) is 0 Å². The molecule has 2 amide bonds. The lowest BCUT2D eigenvalue weighted by atomic mass is 10.2. The third-order valence-electron chi connectivity index (χ3n) is 2.56. The van der Waals surface area contributed by atoms with Crippen molar-refractivity contribution in [3.05, 3.63) is 30.3 Å². The maximum absolute atomic E-state index is 12.3. The second kappa shape index (κ2) is 8.26. The van der Waals surface area contributed by atoms with Crippen LogP contribution in [0.4, 0.5) is 15.3 Å². The molecule has 1 rings (SSSR count). The number of carbonyl (C=O) groups is 2. The van der Waals surface area contributed by atoms with E-state index in [1.54, 1.807) is 6.92 Å². The lowest BCUT2D eigenvalue weighted by Crippen LogP contribution is -2.41. The molecule has 122 valence electrons. The first-order valence-electron chi connectivity index (χ1n) is 7.29. The molecule has 0 aliphatic rings. The van der Waals surface area contributed by atoms with Gasteiger partial charge in [-0.2, -0.15) is 0 Å². The molecule has 6 heteroatoms. The third-order valence-corrected chi connectivity index (χ3v) is 2.56. The van der Waals surface area contributed by atoms with Gasteiger partial charge in [-0.05, 0) is 39.8 Å². The van der Waals surface area contributed by atoms with Crippen LogP contribution in [0.25, 0.3) is 0 Å². The van der Waals surface area contributed by atoms with Gasteiger partial charge >= 0.3 is 12.2 Å². The van der Waals surface area contributed by atoms with Crippen LogP contribution in [0.3, 0.4) is 0 Å². The molecule has 0 saturated carbocycles. The summed E-state index contributed by atoms with van der Waals surface area (Å²) in [4.78, 5) is 25.1. The minimum absolute atomic E-state index is 0.271. The zero-order valence-corrected chi connectivity index (χ0v) is 13.6. The predicted octanol–water partition coefficient (Wildman–Crippen LogP) is 3.17. The van der Waals surface area contributed by atoms with Gasteiger partial charge in [0, 0.05) is 18.8 Å². The van der Waals surface area contributed by atoms with Crippen LogP contribution >= 0.6 is 0 Å². The fourth-order valence-electron chi connectivity index (χ4n) is 1.70. The Labute approximate surface area is 131 Å². The highest BCUT2D eigenvalue weighted by molar-refractivity contribution is 5.87. The van der Waals surface area contributed by atoms with Crippen molar-refractivity contribution in [2.45, 2.75) is 33.3 Å². The van der Waals surface area contributed by atoms with E-state index in [9.17, 15) is 9.59 Å². The van der Waals surface area contributed by atoms with Crippen molar-refractivity contribution in [1.82, 2.24) is 5.32 Å². The van der Waals surface area contributed by atoms with Crippen molar-refractivity contribution in [3.63, 3.8) is 0 Å². The molecular formula is C16H24N2O4. The largest absolute Gasteiger partial charge is 0.450 e. The SMILES string of the molecule is CCOC(=O)NCCN(C(=O)OC(C)(C)C)c1ccccc1. The summed E-state index contributed by atoms with van der Waals surface area (Å²) in [7, 11) is 0. The molecule has 1 N–H and O–H groups in total. The number of para-hydroxylation sites is 1. The average molecular weight is 308 g/mol. The number of carbonyl (C=O) groups excluding carboxylic acids is 2. The lowest BCUT2D eigenvalue weighted by Gasteiger charge is -2.27. The number of anilines is 1. The monoisotopic (exact) mass is 308 g/mol. The first-order valence-corrected chi connectivity index (χ1v) is 7.29. The Kier molecular flexibility index (Phi) is 6.69. The van der Waals surface area contributed by atoms with E-state index in [1.165, 1.54) is 4.90 Å². The van der Waals surface area contributed by atoms with Crippen LogP contribution in [-0.2, 0) is 9.47 Å². The Bertz CT molecular complexity index is 483. The number of nitrogens with zero attached hydrogens (tertiary/aromatic N) is 1. The van der Waals surface area contributed by atoms with E-state index < -0.39 is 17.8 Å². The minimum atomic E-state index is -0.585. The van der Waals surface area contributed by atoms with Crippen molar-refractivity contribution in [3.8, 4) is 0 Å². The molecule has 0 aliphatic heterocycles. The zero-order chi connectivity index (χ0) is 16.6. The number of ether oxygens (including phenoxy) is 2. The van der Waals surface area contributed by atoms with Gasteiger partial charge in [-0.3, -0.25) is 4.90 Å². The average Bonchev–Trinajstić information content (AvgIpc) is 2.43. The molecule has 0 atom stereocenters. The van der Waals surface area contributed by atoms with Crippen molar-refractivity contribution >= 4 is 17.9 Å². The summed E-state index contributed by atoms with van der Waals surface area (Å²) in [6.45, 7) is 8.03. The number of rotatable bonds is 5. The molecule has 0 aromatic heterocycles. The van der Waals surface area contributed by atoms with Gasteiger partial charge < -0.3 is 14.8 Å². The summed E-state index contributed by atoms with van der Waals surface area (Å²) in [5.74, 6) is 0. The van der Waals surface area contributed by atoms with E-state index in [0.29, 0.717) is 12.3 Å². The first-order chi connectivity index (χ1) is 10.3. The first kappa shape index (κ1) is 17.8. The summed E-state index contributed by atoms with van der Waals surface area (Å²) in [6, 6.07) is 9.17. The number of amides is 2. The molecule has 0 unspecified atom stereocenters. The molecule has 6 nitrogen and oxygen atoms in total. The van der Waals surface area contributed by atoms with Gasteiger partial charge in [-0.25, -0.2) is 9.59 Å². The van der Waals surface area contributed by atoms with Gasteiger partial charge in [-0.15, -0.1) is 0 Å². The van der Waals surface area contributed by atoms with E-state index in [1.807, 2.05) is 51.1 Å². The number of hydrogen-bond donors (Lipinski definition) is 1. The maximum Gasteiger partial charge on any atom is 0.414 e. The summed E-state index contributed by atoms with van der Waals surface area (Å²) >= 11 is 0. The topological polar surface area (TPSA) is 67.9 Å². The summed E-state index contributed by atoms with van der Waals surface area (Å²) < 4.78 is 10.2. The van der Waals surface area contributed by atoms with Gasteiger partial charge in [0.1, 0.15) is 5.60 Å². The fourth-order valence-corrected chi connectivity index (χ4v) is 1.70. The van der Waals surface area contributed by atoms with Crippen LogP contribution in [0, 0.1) is 0 Å². The van der Waals surface area contributed by atoms with Gasteiger partial charge in [0.15, 0.2) is 0 Å². The lowest BCUT2D eigenvalue weighted by molar-refractivity contribution is 0.0580. The molecule has 0 spiro atoms. The zero-order valence-electron chi connectivity index (χ0n) is 13.6. The minimum Gasteiger partial charge on any atom is -0.450 e. The Morgan fingerprint density at radius 1 is 1.18 bits per heavy atom. The Balaban J connectivity index is 2.71. The molecule has 22 heavy (non-hydrogen) atoms. The van der Waals surface area contributed by atoms with Gasteiger partial charge in [-0.1, -0.05) is 18.2 Å². The maximum atomic E-state index is 12.3. The molecule has 1 aromatic rings. The number of nitrogens with one attached hydrogen (secondary N) is 1. The van der Waals surface area contributed by atoms with Crippen molar-refractivity contribution in [1.29, 1.82) is 0 Å². The number of benzene rings is 1. The molecule has 0 aliphatic carbocycles. The molecule has 0 radical (unpaired) electrons. The third kappa shape index (κ3) is 6.47. The molecule has 0 saturated heterocycles. The number of alkyl carbamates (subject to hydrolysis) is 1. The smallest absolute Gasteiger partial charge is 0.414 e. The standard InChI is InChI=1S/C16H24N2O4/c1-5-21-14(19)17-11-12-18(13-9-7-6-8-10-13)15(20)22-16(2,3)4/h6-10H,5,11-12H2,1-4H3,(H,17,19). The van der Waals surface area contributed by atoms with Crippen LogP contribution < -0.4 is 10.2 Å². The molecule has 0 bridgehead atoms. The van der Waals surface area contributed by atoms with Crippen molar-refractivity contribution in [2.75, 3.05) is 24.6 Å². The quantitative estimate of drug-likeness (QED) is 0.907. The van der Waals surface area contributed by atoms with Crippen molar-refractivity contribution in [2.24, 2.45) is 0 Å². The Hall–Kier alpha value is -2.24. The van der Waals surface area contributed by atoms with Crippen molar-refractivity contribution < 1.29 is 19.1 Å². The van der Waals surface area contributed by atoms with Crippen LogP contribution in [0.5, 0.6) is 0 Å². The summed E-state index contributed by atoms with van der Waals surface area (Å²) in [5.41, 5.74) is 0.126. The van der Waals surface area contributed by atoms with E-state index in [0.717, 1.165) is 0 Å². The fraction of sp³-hybridized carbons (Fsp3) is 0.500. The predicted molar refractivity (Wildman–Crippen MR) is 85.0 cm³/mol. The molecule has 0 fully saturated rings. The van der Waals surface area contributed by atoms with Gasteiger partial charge in [0.05, 0.1) is 6.61 Å². The highest BCUT2D eigenvalue weighted by atomic mass is 16.6. The highest BCUT2D eigenvalue weighted by Crippen LogP contribution is 2.17. The van der Waals surface area contributed by atoms with Crippen LogP contribution in [-0.4, -0.2) is 37.5 Å². The Morgan fingerprint density at radius 3 is 2.36 bits per heavy atom. The second-order valence-electron chi connectivity index (χ2n) is 5.61. The van der Waals surface area contributed by atoms with Crippen LogP contribution in [0.2, 0.25) is 0 Å². The molecule has 0 heterocycles. The van der Waals surface area contributed by atoms with Crippen LogP contribution in [0.1, 0.15) is 27.7 Å². The van der Waals surface area contributed by atoms with E-state index in [4.69, 9.17) is 9.47 Å². The van der Waals surface area contributed by atoms with E-state index >= 15 is 0 Å². The summed E-state index contributed by atoms with van der Waals surface area (Å²) in [5, 5.41) is 2.59. The van der Waals surface area contributed by atoms with Gasteiger partial charge in [0.2, 0.25) is 0 Å². The van der Waals surface area contributed by atoms with E-state index in [-0.39, 0.29) is 13.1 Å². The second-order valence-corrected chi connectivity index (χ2v) is 5.61. The van der Waals surface area contributed by atoms with E-state index in [2.05, 4.69) is 5.32 Å². The highest BCUT2D eigenvalue weighted by Gasteiger charge is 2.23. The Morgan fingerprint density at radius 2 is 1.82 bits per heavy atom. The number of hydrogen-bond acceptors (Lipinski definition) is 4. The van der Waals surface area contributed by atoms with Crippen LogP contribution in [0.15, 0.2) is 30.3 Å². The summed E-state index contributed by atoms with van der Waals surface area (Å²) in [6.07, 6.45) is -0.955. The molecule has 1 aromatic carbocycles. The normalized spacial score (nSPS) is 10.7.